The molecule has 2 rings (SSSR count). The van der Waals surface area contributed by atoms with Crippen molar-refractivity contribution in [2.45, 2.75) is 13.0 Å². The Bertz CT molecular complexity index is 407. The predicted octanol–water partition coefficient (Wildman–Crippen LogP) is -1.42. The van der Waals surface area contributed by atoms with E-state index in [0.717, 1.165) is 13.1 Å². The lowest BCUT2D eigenvalue weighted by molar-refractivity contribution is -0.143. The van der Waals surface area contributed by atoms with Crippen molar-refractivity contribution in [2.24, 2.45) is 11.1 Å². The third-order valence-corrected chi connectivity index (χ3v) is 4.52. The third kappa shape index (κ3) is 3.36. The van der Waals surface area contributed by atoms with Gasteiger partial charge in [-0.3, -0.25) is 14.5 Å². The van der Waals surface area contributed by atoms with Gasteiger partial charge in [-0.1, -0.05) is 0 Å². The average molecular weight is 298 g/mol. The minimum absolute atomic E-state index is 0.0751. The summed E-state index contributed by atoms with van der Waals surface area (Å²) in [5.41, 5.74) is 5.40. The van der Waals surface area contributed by atoms with E-state index in [9.17, 15) is 9.59 Å². The second kappa shape index (κ2) is 6.29. The molecule has 2 atom stereocenters. The van der Waals surface area contributed by atoms with Crippen molar-refractivity contribution in [2.75, 3.05) is 60.0 Å². The molecule has 2 heterocycles. The second-order valence-corrected chi connectivity index (χ2v) is 6.40. The smallest absolute Gasteiger partial charge is 0.236 e. The molecule has 7 heteroatoms. The lowest BCUT2D eigenvalue weighted by Gasteiger charge is -2.39. The Morgan fingerprint density at radius 1 is 1.29 bits per heavy atom. The van der Waals surface area contributed by atoms with Crippen molar-refractivity contribution in [3.05, 3.63) is 0 Å². The summed E-state index contributed by atoms with van der Waals surface area (Å²) < 4.78 is 5.35. The van der Waals surface area contributed by atoms with E-state index in [1.54, 1.807) is 19.0 Å². The molecule has 0 aromatic rings. The van der Waals surface area contributed by atoms with Crippen LogP contribution in [-0.2, 0) is 14.3 Å². The summed E-state index contributed by atoms with van der Waals surface area (Å²) in [7, 11) is 3.51. The zero-order chi connectivity index (χ0) is 15.6. The Morgan fingerprint density at radius 3 is 2.38 bits per heavy atom. The highest BCUT2D eigenvalue weighted by atomic mass is 16.5. The Hall–Kier alpha value is -1.18. The number of likely N-dealkylation sites (N-methyl/N-ethyl adjacent to an activating group) is 1. The molecule has 0 aromatic heterocycles. The van der Waals surface area contributed by atoms with Crippen LogP contribution in [-0.4, -0.2) is 92.6 Å². The first-order valence-electron chi connectivity index (χ1n) is 7.40. The minimum Gasteiger partial charge on any atom is -0.379 e. The monoisotopic (exact) mass is 298 g/mol. The molecular formula is C14H26N4O3. The van der Waals surface area contributed by atoms with Gasteiger partial charge in [0.2, 0.25) is 11.8 Å². The molecule has 2 aliphatic rings. The largest absolute Gasteiger partial charge is 0.379 e. The predicted molar refractivity (Wildman–Crippen MR) is 78.6 cm³/mol. The highest BCUT2D eigenvalue weighted by molar-refractivity contribution is 5.84. The quantitative estimate of drug-likeness (QED) is 0.692. The number of hydrogen-bond donors (Lipinski definition) is 1. The molecule has 2 N–H and O–H groups in total. The van der Waals surface area contributed by atoms with Crippen molar-refractivity contribution in [3.8, 4) is 0 Å². The average Bonchev–Trinajstić information content (AvgIpc) is 2.80. The molecule has 0 saturated carbocycles. The van der Waals surface area contributed by atoms with E-state index in [1.165, 1.54) is 0 Å². The number of carbonyl (C=O) groups is 2. The number of nitrogens with zero attached hydrogens (tertiary/aromatic N) is 3. The summed E-state index contributed by atoms with van der Waals surface area (Å²) >= 11 is 0. The topological polar surface area (TPSA) is 79.1 Å². The fourth-order valence-electron chi connectivity index (χ4n) is 2.71. The van der Waals surface area contributed by atoms with Crippen LogP contribution in [0.5, 0.6) is 0 Å². The van der Waals surface area contributed by atoms with E-state index in [2.05, 4.69) is 4.90 Å². The van der Waals surface area contributed by atoms with Gasteiger partial charge in [-0.25, -0.2) is 0 Å². The van der Waals surface area contributed by atoms with Crippen LogP contribution in [0.1, 0.15) is 6.92 Å². The number of rotatable bonds is 3. The van der Waals surface area contributed by atoms with Gasteiger partial charge in [0, 0.05) is 46.3 Å². The Labute approximate surface area is 126 Å². The van der Waals surface area contributed by atoms with E-state index in [-0.39, 0.29) is 17.9 Å². The highest BCUT2D eigenvalue weighted by Gasteiger charge is 2.46. The van der Waals surface area contributed by atoms with Gasteiger partial charge in [0.1, 0.15) is 0 Å². The summed E-state index contributed by atoms with van der Waals surface area (Å²) in [6.07, 6.45) is 0. The van der Waals surface area contributed by atoms with E-state index in [1.807, 2.05) is 11.8 Å². The maximum absolute atomic E-state index is 12.6. The Kier molecular flexibility index (Phi) is 4.85. The molecule has 21 heavy (non-hydrogen) atoms. The van der Waals surface area contributed by atoms with Crippen LogP contribution >= 0.6 is 0 Å². The number of nitrogens with two attached hydrogens (primary N) is 1. The molecule has 2 aliphatic heterocycles. The van der Waals surface area contributed by atoms with Crippen LogP contribution in [0.4, 0.5) is 0 Å². The second-order valence-electron chi connectivity index (χ2n) is 6.40. The zero-order valence-electron chi connectivity index (χ0n) is 13.2. The van der Waals surface area contributed by atoms with E-state index in [4.69, 9.17) is 10.5 Å². The van der Waals surface area contributed by atoms with Gasteiger partial charge in [0.05, 0.1) is 25.2 Å². The molecular weight excluding hydrogens is 272 g/mol. The summed E-state index contributed by atoms with van der Waals surface area (Å²) in [6.45, 7) is 5.86. The fourth-order valence-corrected chi connectivity index (χ4v) is 2.71. The minimum atomic E-state index is -0.609. The van der Waals surface area contributed by atoms with Crippen LogP contribution in [0, 0.1) is 5.41 Å². The number of hydrogen-bond acceptors (Lipinski definition) is 5. The van der Waals surface area contributed by atoms with Crippen LogP contribution < -0.4 is 5.73 Å². The molecule has 0 aliphatic carbocycles. The van der Waals surface area contributed by atoms with Gasteiger partial charge >= 0.3 is 0 Å². The normalized spacial score (nSPS) is 30.5. The Morgan fingerprint density at radius 2 is 1.90 bits per heavy atom. The lowest BCUT2D eigenvalue weighted by Crippen LogP contribution is -2.57. The molecule has 2 fully saturated rings. The molecule has 0 aromatic carbocycles. The summed E-state index contributed by atoms with van der Waals surface area (Å²) in [5, 5.41) is 0. The first-order valence-corrected chi connectivity index (χ1v) is 7.40. The molecule has 2 saturated heterocycles. The molecule has 2 amide bonds. The van der Waals surface area contributed by atoms with Gasteiger partial charge in [-0.05, 0) is 6.92 Å². The first-order chi connectivity index (χ1) is 9.84. The van der Waals surface area contributed by atoms with Gasteiger partial charge in [0.25, 0.3) is 0 Å². The van der Waals surface area contributed by atoms with Crippen LogP contribution in [0.3, 0.4) is 0 Å². The molecule has 0 bridgehead atoms. The van der Waals surface area contributed by atoms with Crippen LogP contribution in [0.2, 0.25) is 0 Å². The molecule has 120 valence electrons. The molecule has 2 unspecified atom stereocenters. The van der Waals surface area contributed by atoms with Gasteiger partial charge in [-0.2, -0.15) is 0 Å². The van der Waals surface area contributed by atoms with E-state index >= 15 is 0 Å². The number of amides is 2. The van der Waals surface area contributed by atoms with Gasteiger partial charge in [-0.15, -0.1) is 0 Å². The molecule has 0 spiro atoms. The maximum Gasteiger partial charge on any atom is 0.236 e. The Balaban J connectivity index is 1.86. The summed E-state index contributed by atoms with van der Waals surface area (Å²) in [4.78, 5) is 29.9. The SMILES string of the molecule is CN(C)C(=O)CN1CCN(C(=O)C2(C)COCC2N)CC1. The number of piperazine rings is 1. The van der Waals surface area contributed by atoms with Crippen LogP contribution in [0.15, 0.2) is 0 Å². The van der Waals surface area contributed by atoms with Crippen molar-refractivity contribution in [1.29, 1.82) is 0 Å². The summed E-state index contributed by atoms with van der Waals surface area (Å²) in [5.74, 6) is 0.166. The van der Waals surface area contributed by atoms with Crippen molar-refractivity contribution in [3.63, 3.8) is 0 Å². The lowest BCUT2D eigenvalue weighted by atomic mass is 9.84. The fraction of sp³-hybridized carbons (Fsp3) is 0.857. The third-order valence-electron chi connectivity index (χ3n) is 4.52. The number of carbonyl (C=O) groups excluding carboxylic acids is 2. The molecule has 0 radical (unpaired) electrons. The zero-order valence-corrected chi connectivity index (χ0v) is 13.2. The summed E-state index contributed by atoms with van der Waals surface area (Å²) in [6, 6.07) is -0.238. The first kappa shape index (κ1) is 16.2. The standard InChI is InChI=1S/C14H26N4O3/c1-14(10-21-9-11(14)15)13(20)18-6-4-17(5-7-18)8-12(19)16(2)3/h11H,4-10,15H2,1-3H3. The van der Waals surface area contributed by atoms with Gasteiger partial charge in [0.15, 0.2) is 0 Å². The van der Waals surface area contributed by atoms with Gasteiger partial charge < -0.3 is 20.3 Å². The highest BCUT2D eigenvalue weighted by Crippen LogP contribution is 2.29. The van der Waals surface area contributed by atoms with E-state index in [0.29, 0.717) is 32.8 Å². The van der Waals surface area contributed by atoms with Crippen LogP contribution in [0.25, 0.3) is 0 Å². The van der Waals surface area contributed by atoms with Crippen molar-refractivity contribution in [1.82, 2.24) is 14.7 Å². The van der Waals surface area contributed by atoms with Crippen molar-refractivity contribution < 1.29 is 14.3 Å². The van der Waals surface area contributed by atoms with Crippen molar-refractivity contribution >= 4 is 11.8 Å². The molecule has 7 nitrogen and oxygen atoms in total. The maximum atomic E-state index is 12.6. The van der Waals surface area contributed by atoms with E-state index < -0.39 is 5.41 Å². The number of ether oxygens (including phenoxy) is 1.